The normalized spacial score (nSPS) is 20.1. The fourth-order valence-corrected chi connectivity index (χ4v) is 3.67. The Morgan fingerprint density at radius 2 is 2.15 bits per heavy atom. The summed E-state index contributed by atoms with van der Waals surface area (Å²) < 4.78 is 7.26. The van der Waals surface area contributed by atoms with E-state index in [9.17, 15) is 5.11 Å². The van der Waals surface area contributed by atoms with Gasteiger partial charge in [0.15, 0.2) is 0 Å². The van der Waals surface area contributed by atoms with Crippen LogP contribution >= 0.6 is 0 Å². The third kappa shape index (κ3) is 3.99. The summed E-state index contributed by atoms with van der Waals surface area (Å²) in [6, 6.07) is 7.91. The van der Waals surface area contributed by atoms with Crippen LogP contribution in [0.1, 0.15) is 11.3 Å². The summed E-state index contributed by atoms with van der Waals surface area (Å²) in [7, 11) is 1.67. The van der Waals surface area contributed by atoms with E-state index in [-0.39, 0.29) is 12.0 Å². The zero-order valence-electron chi connectivity index (χ0n) is 15.3. The molecule has 0 radical (unpaired) electrons. The van der Waals surface area contributed by atoms with Crippen molar-refractivity contribution in [3.8, 4) is 11.4 Å². The summed E-state index contributed by atoms with van der Waals surface area (Å²) in [5.41, 5.74) is 3.06. The van der Waals surface area contributed by atoms with E-state index in [1.807, 2.05) is 35.1 Å². The molecule has 2 aromatic heterocycles. The Morgan fingerprint density at radius 1 is 1.22 bits per heavy atom. The second kappa shape index (κ2) is 7.85. The number of nitrogens with zero attached hydrogens (tertiary/aromatic N) is 5. The molecule has 0 spiro atoms. The predicted octanol–water partition coefficient (Wildman–Crippen LogP) is 1.71. The van der Waals surface area contributed by atoms with Gasteiger partial charge in [-0.05, 0) is 36.2 Å². The maximum Gasteiger partial charge on any atom is 0.119 e. The third-order valence-electron chi connectivity index (χ3n) is 5.00. The van der Waals surface area contributed by atoms with Crippen LogP contribution in [0.15, 0.2) is 55.2 Å². The number of aliphatic hydroxyl groups excluding tert-OH is 1. The molecule has 0 aliphatic carbocycles. The Bertz CT molecular complexity index is 869. The standard InChI is InChI=1S/C20H23N5O2/c1-27-18-3-4-19(25-8-2-5-23-25)15(10-18)12-24-13-16(20(26)14-24)9-17-11-21-6-7-22-17/h2-8,10-11,16,20,26H,9,12-14H2,1H3/t16-,20-/m1/s1. The number of β-amino-alcohol motifs (C(OH)–C–C–N with tert-alkyl or cyclic N) is 1. The van der Waals surface area contributed by atoms with Crippen molar-refractivity contribution in [2.75, 3.05) is 20.2 Å². The molecule has 1 N–H and O–H groups in total. The average molecular weight is 365 g/mol. The molecule has 140 valence electrons. The minimum absolute atomic E-state index is 0.153. The first kappa shape index (κ1) is 17.6. The van der Waals surface area contributed by atoms with E-state index < -0.39 is 0 Å². The summed E-state index contributed by atoms with van der Waals surface area (Å²) >= 11 is 0. The van der Waals surface area contributed by atoms with Crippen molar-refractivity contribution in [3.05, 3.63) is 66.5 Å². The summed E-state index contributed by atoms with van der Waals surface area (Å²) in [4.78, 5) is 10.7. The molecule has 7 heteroatoms. The minimum atomic E-state index is -0.370. The van der Waals surface area contributed by atoms with Gasteiger partial charge < -0.3 is 9.84 Å². The van der Waals surface area contributed by atoms with Gasteiger partial charge in [0.2, 0.25) is 0 Å². The van der Waals surface area contributed by atoms with Gasteiger partial charge in [0, 0.05) is 56.5 Å². The van der Waals surface area contributed by atoms with Gasteiger partial charge in [-0.2, -0.15) is 5.10 Å². The molecule has 1 aliphatic heterocycles. The summed E-state index contributed by atoms with van der Waals surface area (Å²) in [6.45, 7) is 2.18. The van der Waals surface area contributed by atoms with Crippen LogP contribution in [0.25, 0.3) is 5.69 Å². The first-order valence-corrected chi connectivity index (χ1v) is 9.05. The van der Waals surface area contributed by atoms with E-state index in [1.165, 1.54) is 0 Å². The quantitative estimate of drug-likeness (QED) is 0.717. The monoisotopic (exact) mass is 365 g/mol. The summed E-state index contributed by atoms with van der Waals surface area (Å²) in [5.74, 6) is 0.970. The lowest BCUT2D eigenvalue weighted by Crippen LogP contribution is -2.22. The van der Waals surface area contributed by atoms with E-state index >= 15 is 0 Å². The molecule has 1 fully saturated rings. The van der Waals surface area contributed by atoms with Crippen LogP contribution in [0.2, 0.25) is 0 Å². The van der Waals surface area contributed by atoms with Crippen molar-refractivity contribution in [1.82, 2.24) is 24.6 Å². The van der Waals surface area contributed by atoms with E-state index in [4.69, 9.17) is 4.74 Å². The van der Waals surface area contributed by atoms with Crippen molar-refractivity contribution in [3.63, 3.8) is 0 Å². The largest absolute Gasteiger partial charge is 0.497 e. The van der Waals surface area contributed by atoms with Crippen molar-refractivity contribution in [2.24, 2.45) is 5.92 Å². The zero-order chi connectivity index (χ0) is 18.6. The molecule has 1 saturated heterocycles. The van der Waals surface area contributed by atoms with Gasteiger partial charge in [0.25, 0.3) is 0 Å². The van der Waals surface area contributed by atoms with E-state index in [0.29, 0.717) is 6.54 Å². The number of aliphatic hydroxyl groups is 1. The molecule has 3 heterocycles. The van der Waals surface area contributed by atoms with Crippen molar-refractivity contribution in [2.45, 2.75) is 19.1 Å². The van der Waals surface area contributed by atoms with E-state index in [2.05, 4.69) is 20.0 Å². The van der Waals surface area contributed by atoms with Gasteiger partial charge in [-0.15, -0.1) is 0 Å². The molecule has 1 aliphatic rings. The lowest BCUT2D eigenvalue weighted by Gasteiger charge is -2.19. The predicted molar refractivity (Wildman–Crippen MR) is 101 cm³/mol. The zero-order valence-corrected chi connectivity index (χ0v) is 15.3. The summed E-state index contributed by atoms with van der Waals surface area (Å²) in [6.07, 6.45) is 9.20. The Balaban J connectivity index is 1.51. The number of rotatable bonds is 6. The highest BCUT2D eigenvalue weighted by Crippen LogP contribution is 2.26. The molecule has 0 amide bonds. The molecule has 0 unspecified atom stereocenters. The van der Waals surface area contributed by atoms with Gasteiger partial charge in [0.1, 0.15) is 5.75 Å². The molecule has 7 nitrogen and oxygen atoms in total. The smallest absolute Gasteiger partial charge is 0.119 e. The number of hydrogen-bond acceptors (Lipinski definition) is 6. The molecule has 4 rings (SSSR count). The first-order chi connectivity index (χ1) is 13.2. The van der Waals surface area contributed by atoms with Gasteiger partial charge in [-0.1, -0.05) is 0 Å². The molecular formula is C20H23N5O2. The Morgan fingerprint density at radius 3 is 2.89 bits per heavy atom. The topological polar surface area (TPSA) is 76.3 Å². The number of methoxy groups -OCH3 is 1. The lowest BCUT2D eigenvalue weighted by atomic mass is 10.0. The highest BCUT2D eigenvalue weighted by molar-refractivity contribution is 5.45. The number of hydrogen-bond donors (Lipinski definition) is 1. The SMILES string of the molecule is COc1ccc(-n2cccn2)c(CN2C[C@@H](Cc3cnccn3)[C@H](O)C2)c1. The Kier molecular flexibility index (Phi) is 5.13. The van der Waals surface area contributed by atoms with Crippen LogP contribution in [0.5, 0.6) is 5.75 Å². The number of ether oxygens (including phenoxy) is 1. The van der Waals surface area contributed by atoms with Crippen LogP contribution in [-0.2, 0) is 13.0 Å². The fourth-order valence-electron chi connectivity index (χ4n) is 3.67. The molecule has 0 saturated carbocycles. The van der Waals surface area contributed by atoms with Crippen LogP contribution in [-0.4, -0.2) is 56.1 Å². The maximum atomic E-state index is 10.5. The second-order valence-corrected chi connectivity index (χ2v) is 6.87. The Hall–Kier alpha value is -2.77. The van der Waals surface area contributed by atoms with Gasteiger partial charge >= 0.3 is 0 Å². The van der Waals surface area contributed by atoms with Crippen LogP contribution < -0.4 is 4.74 Å². The highest BCUT2D eigenvalue weighted by Gasteiger charge is 2.32. The minimum Gasteiger partial charge on any atom is -0.497 e. The lowest BCUT2D eigenvalue weighted by molar-refractivity contribution is 0.140. The van der Waals surface area contributed by atoms with Crippen molar-refractivity contribution in [1.29, 1.82) is 0 Å². The van der Waals surface area contributed by atoms with Crippen LogP contribution in [0.4, 0.5) is 0 Å². The molecule has 27 heavy (non-hydrogen) atoms. The average Bonchev–Trinajstić information content (AvgIpc) is 3.33. The van der Waals surface area contributed by atoms with Crippen LogP contribution in [0.3, 0.4) is 0 Å². The number of aromatic nitrogens is 4. The molecular weight excluding hydrogens is 342 g/mol. The molecule has 3 aromatic rings. The maximum absolute atomic E-state index is 10.5. The van der Waals surface area contributed by atoms with Gasteiger partial charge in [-0.3, -0.25) is 14.9 Å². The second-order valence-electron chi connectivity index (χ2n) is 6.87. The summed E-state index contributed by atoms with van der Waals surface area (Å²) in [5, 5.41) is 14.9. The molecule has 2 atom stereocenters. The van der Waals surface area contributed by atoms with Gasteiger partial charge in [0.05, 0.1) is 24.6 Å². The van der Waals surface area contributed by atoms with Gasteiger partial charge in [-0.25, -0.2) is 4.68 Å². The number of likely N-dealkylation sites (tertiary alicyclic amines) is 1. The first-order valence-electron chi connectivity index (χ1n) is 9.05. The third-order valence-corrected chi connectivity index (χ3v) is 5.00. The van der Waals surface area contributed by atoms with Crippen LogP contribution in [0, 0.1) is 5.92 Å². The Labute approximate surface area is 158 Å². The molecule has 1 aromatic carbocycles. The molecule has 0 bridgehead atoms. The fraction of sp³-hybridized carbons (Fsp3) is 0.350. The van der Waals surface area contributed by atoms with E-state index in [0.717, 1.165) is 42.2 Å². The van der Waals surface area contributed by atoms with E-state index in [1.54, 1.807) is 31.9 Å². The highest BCUT2D eigenvalue weighted by atomic mass is 16.5. The van der Waals surface area contributed by atoms with Crippen molar-refractivity contribution < 1.29 is 9.84 Å². The number of benzene rings is 1. The van der Waals surface area contributed by atoms with Crippen molar-refractivity contribution >= 4 is 0 Å².